The van der Waals surface area contributed by atoms with Gasteiger partial charge in [-0.05, 0) is 35.8 Å². The lowest BCUT2D eigenvalue weighted by atomic mass is 10.1. The number of hydrogen-bond acceptors (Lipinski definition) is 7. The van der Waals surface area contributed by atoms with Gasteiger partial charge in [-0.3, -0.25) is 5.10 Å². The molecule has 0 amide bonds. The van der Waals surface area contributed by atoms with Crippen molar-refractivity contribution in [2.75, 3.05) is 14.2 Å². The van der Waals surface area contributed by atoms with E-state index in [4.69, 9.17) is 9.47 Å². The van der Waals surface area contributed by atoms with Crippen molar-refractivity contribution >= 4 is 28.4 Å². The summed E-state index contributed by atoms with van der Waals surface area (Å²) in [4.78, 5) is 0.719. The van der Waals surface area contributed by atoms with Crippen molar-refractivity contribution in [1.29, 1.82) is 0 Å². The van der Waals surface area contributed by atoms with Crippen LogP contribution >= 0.6 is 11.3 Å². The van der Waals surface area contributed by atoms with Crippen LogP contribution in [0.4, 0.5) is 0 Å². The van der Waals surface area contributed by atoms with Gasteiger partial charge in [0.05, 0.1) is 14.2 Å². The van der Waals surface area contributed by atoms with Crippen LogP contribution in [-0.4, -0.2) is 44.2 Å². The molecule has 3 aromatic heterocycles. The zero-order valence-electron chi connectivity index (χ0n) is 16.0. The Labute approximate surface area is 165 Å². The molecule has 0 radical (unpaired) electrons. The second-order valence-electron chi connectivity index (χ2n) is 6.47. The fourth-order valence-electron chi connectivity index (χ4n) is 2.73. The van der Waals surface area contributed by atoms with Gasteiger partial charge in [0, 0.05) is 5.69 Å². The van der Waals surface area contributed by atoms with Gasteiger partial charge in [-0.15, -0.1) is 10.2 Å². The monoisotopic (exact) mass is 396 g/mol. The van der Waals surface area contributed by atoms with E-state index in [1.807, 2.05) is 36.4 Å². The van der Waals surface area contributed by atoms with Gasteiger partial charge < -0.3 is 9.47 Å². The third-order valence-electron chi connectivity index (χ3n) is 4.28. The van der Waals surface area contributed by atoms with Crippen molar-refractivity contribution in [2.45, 2.75) is 19.8 Å². The summed E-state index contributed by atoms with van der Waals surface area (Å²) in [7, 11) is 3.24. The number of ether oxygens (including phenoxy) is 2. The number of rotatable bonds is 6. The molecule has 3 heterocycles. The first-order valence-corrected chi connectivity index (χ1v) is 9.58. The Balaban J connectivity index is 1.62. The smallest absolute Gasteiger partial charge is 0.235 e. The van der Waals surface area contributed by atoms with Crippen molar-refractivity contribution in [3.05, 3.63) is 40.5 Å². The van der Waals surface area contributed by atoms with Crippen LogP contribution < -0.4 is 9.47 Å². The lowest BCUT2D eigenvalue weighted by Gasteiger charge is -2.07. The van der Waals surface area contributed by atoms with Gasteiger partial charge in [0.1, 0.15) is 10.7 Å². The van der Waals surface area contributed by atoms with E-state index in [2.05, 4.69) is 39.3 Å². The highest BCUT2D eigenvalue weighted by atomic mass is 32.1. The highest BCUT2D eigenvalue weighted by Gasteiger charge is 2.16. The number of methoxy groups -OCH3 is 2. The number of fused-ring (bicyclic) bond motifs is 1. The van der Waals surface area contributed by atoms with Crippen molar-refractivity contribution in [3.63, 3.8) is 0 Å². The van der Waals surface area contributed by atoms with E-state index in [9.17, 15) is 0 Å². The molecule has 4 rings (SSSR count). The van der Waals surface area contributed by atoms with Crippen LogP contribution in [0.2, 0.25) is 0 Å². The third-order valence-corrected chi connectivity index (χ3v) is 5.15. The van der Waals surface area contributed by atoms with E-state index in [0.717, 1.165) is 26.9 Å². The molecular weight excluding hydrogens is 376 g/mol. The number of benzene rings is 1. The molecule has 0 aliphatic rings. The first-order chi connectivity index (χ1) is 13.6. The minimum Gasteiger partial charge on any atom is -0.493 e. The van der Waals surface area contributed by atoms with Crippen molar-refractivity contribution in [1.82, 2.24) is 30.0 Å². The van der Waals surface area contributed by atoms with E-state index in [1.54, 1.807) is 18.7 Å². The number of hydrogen-bond donors (Lipinski definition) is 1. The van der Waals surface area contributed by atoms with Crippen molar-refractivity contribution in [3.8, 4) is 23.0 Å². The van der Waals surface area contributed by atoms with Crippen molar-refractivity contribution < 1.29 is 9.47 Å². The summed E-state index contributed by atoms with van der Waals surface area (Å²) in [6.45, 7) is 4.22. The average molecular weight is 396 g/mol. The predicted octanol–water partition coefficient (Wildman–Crippen LogP) is 3.89. The van der Waals surface area contributed by atoms with Gasteiger partial charge in [-0.1, -0.05) is 37.3 Å². The summed E-state index contributed by atoms with van der Waals surface area (Å²) >= 11 is 1.46. The first kappa shape index (κ1) is 18.2. The molecule has 0 bridgehead atoms. The summed E-state index contributed by atoms with van der Waals surface area (Å²) in [5.41, 5.74) is 2.77. The molecule has 0 unspecified atom stereocenters. The van der Waals surface area contributed by atoms with Gasteiger partial charge in [-0.2, -0.15) is 14.7 Å². The van der Waals surface area contributed by atoms with E-state index in [1.165, 1.54) is 11.3 Å². The Hall–Kier alpha value is -3.20. The third kappa shape index (κ3) is 3.36. The van der Waals surface area contributed by atoms with Crippen LogP contribution in [0, 0.1) is 0 Å². The Kier molecular flexibility index (Phi) is 4.82. The SMILES string of the molecule is COc1ccc(C=Cc2nn3c(-c4cc(C(C)C)[nH]n4)nnc3s2)cc1OC. The van der Waals surface area contributed by atoms with Crippen LogP contribution in [0.1, 0.15) is 36.0 Å². The molecule has 0 spiro atoms. The Bertz CT molecular complexity index is 1140. The molecule has 0 aliphatic carbocycles. The van der Waals surface area contributed by atoms with Crippen LogP contribution in [0.15, 0.2) is 24.3 Å². The zero-order valence-corrected chi connectivity index (χ0v) is 16.8. The second-order valence-corrected chi connectivity index (χ2v) is 7.46. The quantitative estimate of drug-likeness (QED) is 0.532. The highest BCUT2D eigenvalue weighted by Crippen LogP contribution is 2.29. The van der Waals surface area contributed by atoms with Gasteiger partial charge in [0.15, 0.2) is 11.5 Å². The van der Waals surface area contributed by atoms with Crippen LogP contribution in [-0.2, 0) is 0 Å². The maximum atomic E-state index is 5.34. The average Bonchev–Trinajstić information content (AvgIpc) is 3.41. The zero-order chi connectivity index (χ0) is 19.7. The summed E-state index contributed by atoms with van der Waals surface area (Å²) < 4.78 is 12.3. The Morgan fingerprint density at radius 1 is 1.07 bits per heavy atom. The van der Waals surface area contributed by atoms with Crippen molar-refractivity contribution in [2.24, 2.45) is 0 Å². The summed E-state index contributed by atoms with van der Waals surface area (Å²) in [6.07, 6.45) is 3.91. The second kappa shape index (κ2) is 7.43. The Morgan fingerprint density at radius 2 is 1.89 bits per heavy atom. The first-order valence-electron chi connectivity index (χ1n) is 8.77. The standard InChI is InChI=1S/C19H20N6O2S/c1-11(2)13-10-14(21-20-13)18-22-23-19-25(18)24-17(28-19)8-6-12-5-7-15(26-3)16(9-12)27-4/h5-11H,1-4H3,(H,20,21). The summed E-state index contributed by atoms with van der Waals surface area (Å²) in [5, 5.41) is 21.3. The number of aromatic amines is 1. The molecule has 0 fully saturated rings. The lowest BCUT2D eigenvalue weighted by molar-refractivity contribution is 0.355. The molecule has 144 valence electrons. The van der Waals surface area contributed by atoms with E-state index in [-0.39, 0.29) is 0 Å². The van der Waals surface area contributed by atoms with Crippen LogP contribution in [0.3, 0.4) is 0 Å². The number of H-pyrrole nitrogens is 1. The Morgan fingerprint density at radius 3 is 2.61 bits per heavy atom. The maximum Gasteiger partial charge on any atom is 0.235 e. The normalized spacial score (nSPS) is 11.8. The molecule has 8 nitrogen and oxygen atoms in total. The molecule has 0 saturated carbocycles. The molecule has 9 heteroatoms. The largest absolute Gasteiger partial charge is 0.493 e. The highest BCUT2D eigenvalue weighted by molar-refractivity contribution is 7.17. The summed E-state index contributed by atoms with van der Waals surface area (Å²) in [5.74, 6) is 2.37. The molecule has 0 saturated heterocycles. The molecule has 0 aliphatic heterocycles. The van der Waals surface area contributed by atoms with E-state index in [0.29, 0.717) is 23.2 Å². The van der Waals surface area contributed by atoms with E-state index >= 15 is 0 Å². The molecule has 4 aromatic rings. The molecular formula is C19H20N6O2S. The topological polar surface area (TPSA) is 90.2 Å². The van der Waals surface area contributed by atoms with Crippen LogP contribution in [0.25, 0.3) is 28.6 Å². The lowest BCUT2D eigenvalue weighted by Crippen LogP contribution is -1.91. The minimum atomic E-state index is 0.361. The number of nitrogens with zero attached hydrogens (tertiary/aromatic N) is 5. The minimum absolute atomic E-state index is 0.361. The van der Waals surface area contributed by atoms with Crippen LogP contribution in [0.5, 0.6) is 11.5 Å². The van der Waals surface area contributed by atoms with Gasteiger partial charge >= 0.3 is 0 Å². The molecule has 1 aromatic carbocycles. The summed E-state index contributed by atoms with van der Waals surface area (Å²) in [6, 6.07) is 7.73. The molecule has 1 N–H and O–H groups in total. The number of nitrogens with one attached hydrogen (secondary N) is 1. The molecule has 0 atom stereocenters. The van der Waals surface area contributed by atoms with Gasteiger partial charge in [0.2, 0.25) is 10.8 Å². The fraction of sp³-hybridized carbons (Fsp3) is 0.263. The fourth-order valence-corrected chi connectivity index (χ4v) is 3.47. The van der Waals surface area contributed by atoms with Gasteiger partial charge in [-0.25, -0.2) is 0 Å². The van der Waals surface area contributed by atoms with Gasteiger partial charge in [0.25, 0.3) is 0 Å². The predicted molar refractivity (Wildman–Crippen MR) is 109 cm³/mol. The molecule has 28 heavy (non-hydrogen) atoms. The number of aromatic nitrogens is 6. The maximum absolute atomic E-state index is 5.34. The van der Waals surface area contributed by atoms with E-state index < -0.39 is 0 Å².